The van der Waals surface area contributed by atoms with Crippen LogP contribution < -0.4 is 15.9 Å². The van der Waals surface area contributed by atoms with Crippen LogP contribution in [0.25, 0.3) is 10.9 Å². The number of nitrogens with one attached hydrogen (secondary N) is 2. The van der Waals surface area contributed by atoms with Crippen LogP contribution in [0.4, 0.5) is 23.1 Å². The first kappa shape index (κ1) is 18.6. The van der Waals surface area contributed by atoms with Crippen LogP contribution in [0.3, 0.4) is 0 Å². The number of hydrogen-bond acceptors (Lipinski definition) is 5. The fraction of sp³-hybridized carbons (Fsp3) is 0.0952. The third-order valence-corrected chi connectivity index (χ3v) is 5.86. The van der Waals surface area contributed by atoms with Crippen molar-refractivity contribution in [2.75, 3.05) is 24.0 Å². The highest BCUT2D eigenvalue weighted by Crippen LogP contribution is 2.31. The smallest absolute Gasteiger partial charge is 0.229 e. The summed E-state index contributed by atoms with van der Waals surface area (Å²) >= 11 is 6.34. The van der Waals surface area contributed by atoms with Gasteiger partial charge in [0.2, 0.25) is 5.95 Å². The number of anilines is 4. The van der Waals surface area contributed by atoms with Crippen molar-refractivity contribution in [2.24, 2.45) is 0 Å². The van der Waals surface area contributed by atoms with Crippen molar-refractivity contribution in [3.63, 3.8) is 0 Å². The van der Waals surface area contributed by atoms with Crippen LogP contribution in [-0.4, -0.2) is 28.3 Å². The van der Waals surface area contributed by atoms with Crippen molar-refractivity contribution >= 4 is 58.9 Å². The Morgan fingerprint density at radius 1 is 0.893 bits per heavy atom. The summed E-state index contributed by atoms with van der Waals surface area (Å²) in [6.07, 6.45) is 3.36. The first-order chi connectivity index (χ1) is 13.6. The summed E-state index contributed by atoms with van der Waals surface area (Å²) < 4.78 is 0. The highest BCUT2D eigenvalue weighted by molar-refractivity contribution is 7.64. The minimum absolute atomic E-state index is 0.260. The largest absolute Gasteiger partial charge is 0.338 e. The van der Waals surface area contributed by atoms with E-state index in [1.807, 2.05) is 48.5 Å². The molecule has 2 heterocycles. The van der Waals surface area contributed by atoms with Gasteiger partial charge in [-0.1, -0.05) is 55.9 Å². The van der Waals surface area contributed by atoms with Gasteiger partial charge in [-0.2, -0.15) is 4.98 Å². The molecule has 0 saturated heterocycles. The summed E-state index contributed by atoms with van der Waals surface area (Å²) in [5, 5.41) is 9.34. The summed E-state index contributed by atoms with van der Waals surface area (Å²) in [4.78, 5) is 13.3. The zero-order valence-electron chi connectivity index (χ0n) is 15.5. The van der Waals surface area contributed by atoms with Gasteiger partial charge in [-0.15, -0.1) is 0 Å². The number of fused-ring (bicyclic) bond motifs is 1. The van der Waals surface area contributed by atoms with Crippen molar-refractivity contribution in [3.8, 4) is 0 Å². The molecule has 0 amide bonds. The molecular weight excluding hydrogens is 389 g/mol. The molecule has 0 aliphatic rings. The van der Waals surface area contributed by atoms with Crippen molar-refractivity contribution in [3.05, 3.63) is 72.0 Å². The lowest BCUT2D eigenvalue weighted by molar-refractivity contribution is 1.16. The molecule has 28 heavy (non-hydrogen) atoms. The first-order valence-electron chi connectivity index (χ1n) is 8.78. The lowest BCUT2D eigenvalue weighted by atomic mass is 10.2. The Kier molecular flexibility index (Phi) is 5.38. The van der Waals surface area contributed by atoms with Crippen LogP contribution >= 0.6 is 19.5 Å². The highest BCUT2D eigenvalue weighted by Gasteiger charge is 2.11. The molecule has 0 radical (unpaired) electrons. The summed E-state index contributed by atoms with van der Waals surface area (Å²) in [7, 11) is -0.260. The number of pyridine rings is 1. The average molecular weight is 408 g/mol. The van der Waals surface area contributed by atoms with E-state index in [1.165, 1.54) is 5.30 Å². The van der Waals surface area contributed by atoms with E-state index in [4.69, 9.17) is 11.6 Å². The Labute approximate surface area is 170 Å². The van der Waals surface area contributed by atoms with E-state index in [2.05, 4.69) is 45.0 Å². The van der Waals surface area contributed by atoms with Crippen LogP contribution in [0.2, 0.25) is 5.02 Å². The minimum atomic E-state index is -0.260. The van der Waals surface area contributed by atoms with Crippen molar-refractivity contribution < 1.29 is 0 Å². The predicted octanol–water partition coefficient (Wildman–Crippen LogP) is 5.53. The average Bonchev–Trinajstić information content (AvgIpc) is 2.71. The Bertz CT molecular complexity index is 1130. The summed E-state index contributed by atoms with van der Waals surface area (Å²) in [5.74, 6) is 1.02. The summed E-state index contributed by atoms with van der Waals surface area (Å²) in [6, 6.07) is 18.2. The second-order valence-electron chi connectivity index (χ2n) is 6.47. The van der Waals surface area contributed by atoms with Crippen LogP contribution in [0.5, 0.6) is 0 Å². The van der Waals surface area contributed by atoms with E-state index >= 15 is 0 Å². The molecule has 4 aromatic rings. The van der Waals surface area contributed by atoms with Gasteiger partial charge in [0.05, 0.1) is 23.6 Å². The molecule has 2 aromatic heterocycles. The van der Waals surface area contributed by atoms with Crippen LogP contribution in [0.1, 0.15) is 0 Å². The van der Waals surface area contributed by atoms with Gasteiger partial charge >= 0.3 is 0 Å². The first-order valence-corrected chi connectivity index (χ1v) is 11.4. The number of nitrogens with zero attached hydrogens (tertiary/aromatic N) is 3. The maximum absolute atomic E-state index is 6.34. The molecule has 0 atom stereocenters. The minimum Gasteiger partial charge on any atom is -0.338 e. The molecule has 2 aromatic carbocycles. The van der Waals surface area contributed by atoms with Crippen LogP contribution in [0.15, 0.2) is 67.0 Å². The number of benzene rings is 2. The summed E-state index contributed by atoms with van der Waals surface area (Å²) in [5.41, 5.74) is 2.77. The van der Waals surface area contributed by atoms with Crippen LogP contribution in [0, 0.1) is 0 Å². The lowest BCUT2D eigenvalue weighted by Crippen LogP contribution is -2.09. The Morgan fingerprint density at radius 2 is 1.68 bits per heavy atom. The zero-order valence-corrected chi connectivity index (χ0v) is 17.2. The molecule has 0 saturated carbocycles. The molecule has 2 N–H and O–H groups in total. The third kappa shape index (κ3) is 4.06. The van der Waals surface area contributed by atoms with Gasteiger partial charge in [-0.05, 0) is 36.8 Å². The SMILES string of the molecule is CP(C)c1ccccc1Nc1nc(Nc2cnc3ccccc3c2)ncc1Cl. The molecule has 0 bridgehead atoms. The van der Waals surface area contributed by atoms with Gasteiger partial charge in [-0.25, -0.2) is 4.98 Å². The molecular formula is C21H19ClN5P. The number of halogens is 1. The van der Waals surface area contributed by atoms with Crippen molar-refractivity contribution in [1.82, 2.24) is 15.0 Å². The Balaban J connectivity index is 1.62. The summed E-state index contributed by atoms with van der Waals surface area (Å²) in [6.45, 7) is 4.44. The lowest BCUT2D eigenvalue weighted by Gasteiger charge is -2.15. The molecule has 5 nitrogen and oxygen atoms in total. The predicted molar refractivity (Wildman–Crippen MR) is 120 cm³/mol. The topological polar surface area (TPSA) is 62.7 Å². The fourth-order valence-corrected chi connectivity index (χ4v) is 4.02. The Morgan fingerprint density at radius 3 is 2.54 bits per heavy atom. The number of aromatic nitrogens is 3. The highest BCUT2D eigenvalue weighted by atomic mass is 35.5. The molecule has 140 valence electrons. The molecule has 0 spiro atoms. The molecule has 7 heteroatoms. The van der Waals surface area contributed by atoms with E-state index in [1.54, 1.807) is 12.4 Å². The van der Waals surface area contributed by atoms with Gasteiger partial charge in [0.1, 0.15) is 5.02 Å². The van der Waals surface area contributed by atoms with Crippen LogP contribution in [-0.2, 0) is 0 Å². The molecule has 0 aliphatic carbocycles. The number of para-hydroxylation sites is 2. The normalized spacial score (nSPS) is 11.0. The molecule has 0 aliphatic heterocycles. The van der Waals surface area contributed by atoms with Gasteiger partial charge < -0.3 is 10.6 Å². The maximum Gasteiger partial charge on any atom is 0.229 e. The van der Waals surface area contributed by atoms with Crippen molar-refractivity contribution in [2.45, 2.75) is 0 Å². The monoisotopic (exact) mass is 407 g/mol. The van der Waals surface area contributed by atoms with E-state index < -0.39 is 0 Å². The number of rotatable bonds is 5. The molecule has 0 fully saturated rings. The van der Waals surface area contributed by atoms with Gasteiger partial charge in [0, 0.05) is 11.1 Å². The standard InChI is InChI=1S/C21H19ClN5P/c1-28(2)19-10-6-5-9-18(19)26-20-16(22)13-24-21(27-20)25-15-11-14-7-3-4-8-17(14)23-12-15/h3-13H,1-2H3,(H2,24,25,26,27). The Hall–Kier alpha value is -2.75. The van der Waals surface area contributed by atoms with Gasteiger partial charge in [0.15, 0.2) is 5.82 Å². The van der Waals surface area contributed by atoms with Gasteiger partial charge in [-0.3, -0.25) is 4.98 Å². The van der Waals surface area contributed by atoms with Crippen molar-refractivity contribution in [1.29, 1.82) is 0 Å². The number of hydrogen-bond donors (Lipinski definition) is 2. The van der Waals surface area contributed by atoms with E-state index in [0.29, 0.717) is 16.8 Å². The van der Waals surface area contributed by atoms with E-state index in [9.17, 15) is 0 Å². The zero-order chi connectivity index (χ0) is 19.5. The van der Waals surface area contributed by atoms with E-state index in [-0.39, 0.29) is 7.92 Å². The second-order valence-corrected chi connectivity index (χ2v) is 9.15. The molecule has 4 rings (SSSR count). The second kappa shape index (κ2) is 8.09. The van der Waals surface area contributed by atoms with E-state index in [0.717, 1.165) is 22.3 Å². The maximum atomic E-state index is 6.34. The fourth-order valence-electron chi connectivity index (χ4n) is 2.88. The quantitative estimate of drug-likeness (QED) is 0.426. The van der Waals surface area contributed by atoms with Gasteiger partial charge in [0.25, 0.3) is 0 Å². The third-order valence-electron chi connectivity index (χ3n) is 4.23. The molecule has 0 unspecified atom stereocenters.